The van der Waals surface area contributed by atoms with Crippen molar-refractivity contribution in [3.05, 3.63) is 12.2 Å². The molecular formula is C20H42O5Si2. The molecule has 0 saturated carbocycles. The van der Waals surface area contributed by atoms with E-state index >= 15 is 0 Å². The quantitative estimate of drug-likeness (QED) is 0.332. The fraction of sp³-hybridized carbons (Fsp3) is 0.850. The zero-order valence-electron chi connectivity index (χ0n) is 19.2. The van der Waals surface area contributed by atoms with Gasteiger partial charge in [0.2, 0.25) is 0 Å². The number of carbonyl (C=O) groups is 1. The monoisotopic (exact) mass is 418 g/mol. The van der Waals surface area contributed by atoms with E-state index in [0.29, 0.717) is 6.29 Å². The van der Waals surface area contributed by atoms with Gasteiger partial charge in [-0.25, -0.2) is 0 Å². The Bertz CT molecular complexity index is 503. The van der Waals surface area contributed by atoms with Crippen molar-refractivity contribution in [1.29, 1.82) is 0 Å². The van der Waals surface area contributed by atoms with Crippen LogP contribution < -0.4 is 0 Å². The van der Waals surface area contributed by atoms with Gasteiger partial charge in [-0.1, -0.05) is 47.6 Å². The van der Waals surface area contributed by atoms with E-state index in [9.17, 15) is 15.0 Å². The van der Waals surface area contributed by atoms with Crippen LogP contribution in [0.25, 0.3) is 0 Å². The molecule has 5 nitrogen and oxygen atoms in total. The Balaban J connectivity index is 5.46. The summed E-state index contributed by atoms with van der Waals surface area (Å²) in [6, 6.07) is 0. The van der Waals surface area contributed by atoms with Crippen LogP contribution in [0.2, 0.25) is 36.3 Å². The van der Waals surface area contributed by atoms with Crippen molar-refractivity contribution < 1.29 is 23.9 Å². The van der Waals surface area contributed by atoms with Gasteiger partial charge >= 0.3 is 0 Å². The molecule has 0 fully saturated rings. The second-order valence-corrected chi connectivity index (χ2v) is 19.9. The van der Waals surface area contributed by atoms with Gasteiger partial charge in [0.1, 0.15) is 18.5 Å². The number of aliphatic hydroxyl groups is 2. The molecule has 160 valence electrons. The summed E-state index contributed by atoms with van der Waals surface area (Å²) in [5.41, 5.74) is 0. The summed E-state index contributed by atoms with van der Waals surface area (Å²) in [5.74, 6) is 0. The third-order valence-electron chi connectivity index (χ3n) is 6.07. The van der Waals surface area contributed by atoms with Gasteiger partial charge in [-0.2, -0.15) is 0 Å². The number of aldehydes is 1. The van der Waals surface area contributed by atoms with E-state index in [1.165, 1.54) is 12.2 Å². The number of rotatable bonds is 9. The lowest BCUT2D eigenvalue weighted by molar-refractivity contribution is -0.104. The van der Waals surface area contributed by atoms with Crippen molar-refractivity contribution >= 4 is 22.9 Å². The molecule has 0 aromatic carbocycles. The van der Waals surface area contributed by atoms with Gasteiger partial charge in [-0.15, -0.1) is 0 Å². The zero-order chi connectivity index (χ0) is 21.8. The number of aliphatic hydroxyl groups excluding tert-OH is 2. The lowest BCUT2D eigenvalue weighted by atomic mass is 10.0. The van der Waals surface area contributed by atoms with E-state index in [-0.39, 0.29) is 10.1 Å². The van der Waals surface area contributed by atoms with Crippen LogP contribution >= 0.6 is 0 Å². The van der Waals surface area contributed by atoms with Crippen LogP contribution in [-0.2, 0) is 13.6 Å². The zero-order valence-corrected chi connectivity index (χ0v) is 21.2. The second kappa shape index (κ2) is 9.45. The van der Waals surface area contributed by atoms with Crippen molar-refractivity contribution in [2.45, 2.75) is 109 Å². The van der Waals surface area contributed by atoms with E-state index in [0.717, 1.165) is 0 Å². The van der Waals surface area contributed by atoms with Gasteiger partial charge < -0.3 is 19.1 Å². The smallest absolute Gasteiger partial charge is 0.193 e. The minimum absolute atomic E-state index is 0.000391. The molecule has 0 aromatic rings. The van der Waals surface area contributed by atoms with Crippen molar-refractivity contribution in [3.8, 4) is 0 Å². The van der Waals surface area contributed by atoms with Crippen LogP contribution in [0.5, 0.6) is 0 Å². The molecular weight excluding hydrogens is 376 g/mol. The van der Waals surface area contributed by atoms with Crippen LogP contribution in [0.3, 0.4) is 0 Å². The molecule has 0 aromatic heterocycles. The Labute approximate surface area is 168 Å². The van der Waals surface area contributed by atoms with Crippen molar-refractivity contribution in [1.82, 2.24) is 0 Å². The molecule has 0 aliphatic heterocycles. The second-order valence-electron chi connectivity index (χ2n) is 10.4. The summed E-state index contributed by atoms with van der Waals surface area (Å²) in [4.78, 5) is 10.8. The molecule has 0 spiro atoms. The predicted octanol–water partition coefficient (Wildman–Crippen LogP) is 4.26. The first-order chi connectivity index (χ1) is 11.9. The summed E-state index contributed by atoms with van der Waals surface area (Å²) in [7, 11) is -4.30. The molecule has 0 rings (SSSR count). The SMILES string of the molecule is C[C@H](O[Si](C)(C)C(C)(C)C)[C@H](O)[C@@H](O)[C@H](/C=C\C=O)O[Si](C)(C)C(C)(C)C. The summed E-state index contributed by atoms with van der Waals surface area (Å²) >= 11 is 0. The van der Waals surface area contributed by atoms with Gasteiger partial charge in [0, 0.05) is 0 Å². The van der Waals surface area contributed by atoms with Crippen molar-refractivity contribution in [3.63, 3.8) is 0 Å². The van der Waals surface area contributed by atoms with Crippen LogP contribution in [-0.4, -0.2) is 57.5 Å². The third kappa shape index (κ3) is 7.55. The molecule has 0 saturated heterocycles. The highest BCUT2D eigenvalue weighted by Gasteiger charge is 2.44. The molecule has 0 unspecified atom stereocenters. The van der Waals surface area contributed by atoms with Crippen LogP contribution in [0, 0.1) is 0 Å². The van der Waals surface area contributed by atoms with E-state index < -0.39 is 41.1 Å². The molecule has 0 bridgehead atoms. The Hall–Kier alpha value is -0.316. The van der Waals surface area contributed by atoms with Gasteiger partial charge in [0.15, 0.2) is 16.6 Å². The van der Waals surface area contributed by atoms with E-state index in [4.69, 9.17) is 8.85 Å². The normalized spacial score (nSPS) is 19.0. The molecule has 0 radical (unpaired) electrons. The highest BCUT2D eigenvalue weighted by atomic mass is 28.4. The number of allylic oxidation sites excluding steroid dienone is 1. The Morgan fingerprint density at radius 3 is 1.59 bits per heavy atom. The summed E-state index contributed by atoms with van der Waals surface area (Å²) in [5, 5.41) is 21.5. The highest BCUT2D eigenvalue weighted by molar-refractivity contribution is 6.74. The average Bonchev–Trinajstić information content (AvgIpc) is 2.47. The molecule has 27 heavy (non-hydrogen) atoms. The fourth-order valence-electron chi connectivity index (χ4n) is 2.08. The lowest BCUT2D eigenvalue weighted by Gasteiger charge is -2.42. The topological polar surface area (TPSA) is 76.0 Å². The largest absolute Gasteiger partial charge is 0.411 e. The maximum Gasteiger partial charge on any atom is 0.193 e. The maximum absolute atomic E-state index is 10.8. The lowest BCUT2D eigenvalue weighted by Crippen LogP contribution is -2.53. The van der Waals surface area contributed by atoms with E-state index in [1.807, 2.05) is 0 Å². The minimum atomic E-state index is -2.21. The van der Waals surface area contributed by atoms with Gasteiger partial charge in [-0.3, -0.25) is 4.79 Å². The molecule has 0 aliphatic carbocycles. The average molecular weight is 419 g/mol. The Morgan fingerprint density at radius 1 is 0.815 bits per heavy atom. The summed E-state index contributed by atoms with van der Waals surface area (Å²) in [6.07, 6.45) is -0.127. The first-order valence-electron chi connectivity index (χ1n) is 9.71. The molecule has 0 heterocycles. The first-order valence-corrected chi connectivity index (χ1v) is 15.5. The summed E-state index contributed by atoms with van der Waals surface area (Å²) < 4.78 is 12.5. The molecule has 2 N–H and O–H groups in total. The molecule has 0 amide bonds. The van der Waals surface area contributed by atoms with E-state index in [1.54, 1.807) is 6.92 Å². The summed E-state index contributed by atoms with van der Waals surface area (Å²) in [6.45, 7) is 22.8. The Morgan fingerprint density at radius 2 is 1.22 bits per heavy atom. The van der Waals surface area contributed by atoms with Crippen molar-refractivity contribution in [2.24, 2.45) is 0 Å². The minimum Gasteiger partial charge on any atom is -0.411 e. The van der Waals surface area contributed by atoms with Crippen molar-refractivity contribution in [2.75, 3.05) is 0 Å². The molecule has 4 atom stereocenters. The fourth-order valence-corrected chi connectivity index (χ4v) is 4.75. The van der Waals surface area contributed by atoms with E-state index in [2.05, 4.69) is 67.7 Å². The number of hydrogen-bond donors (Lipinski definition) is 2. The van der Waals surface area contributed by atoms with Crippen LogP contribution in [0.4, 0.5) is 0 Å². The van der Waals surface area contributed by atoms with Crippen LogP contribution in [0.1, 0.15) is 48.5 Å². The predicted molar refractivity (Wildman–Crippen MR) is 117 cm³/mol. The number of hydrogen-bond acceptors (Lipinski definition) is 5. The maximum atomic E-state index is 10.8. The molecule has 7 heteroatoms. The van der Waals surface area contributed by atoms with Gasteiger partial charge in [0.25, 0.3) is 0 Å². The van der Waals surface area contributed by atoms with Gasteiger partial charge in [-0.05, 0) is 49.3 Å². The third-order valence-corrected chi connectivity index (χ3v) is 15.1. The number of carbonyl (C=O) groups excluding carboxylic acids is 1. The highest BCUT2D eigenvalue weighted by Crippen LogP contribution is 2.39. The Kier molecular flexibility index (Phi) is 9.34. The van der Waals surface area contributed by atoms with Gasteiger partial charge in [0.05, 0.1) is 12.2 Å². The van der Waals surface area contributed by atoms with Crippen LogP contribution in [0.15, 0.2) is 12.2 Å². The first kappa shape index (κ1) is 26.7. The molecule has 0 aliphatic rings. The standard InChI is InChI=1S/C20H42O5Si2/c1-15(24-26(8,9)19(2,3)4)17(22)18(23)16(13-12-14-21)25-27(10,11)20(5,6)7/h12-18,22-23H,1-11H3/b13-12-/t15-,16-,17-,18-/m0/s1.